The van der Waals surface area contributed by atoms with Crippen molar-refractivity contribution in [3.05, 3.63) is 47.3 Å². The van der Waals surface area contributed by atoms with Crippen molar-refractivity contribution in [3.63, 3.8) is 0 Å². The van der Waals surface area contributed by atoms with Crippen molar-refractivity contribution < 1.29 is 17.0 Å². The fourth-order valence-electron chi connectivity index (χ4n) is 1.28. The van der Waals surface area contributed by atoms with Gasteiger partial charge in [0.1, 0.15) is 4.90 Å². The smallest absolute Gasteiger partial charge is 0.339 e. The van der Waals surface area contributed by atoms with Crippen LogP contribution in [0.2, 0.25) is 0 Å². The highest BCUT2D eigenvalue weighted by molar-refractivity contribution is 7.87. The zero-order chi connectivity index (χ0) is 15.3. The van der Waals surface area contributed by atoms with Gasteiger partial charge in [0.05, 0.1) is 6.20 Å². The van der Waals surface area contributed by atoms with Crippen molar-refractivity contribution in [2.75, 3.05) is 0 Å². The number of halogens is 1. The zero-order valence-electron chi connectivity index (χ0n) is 10.2. The van der Waals surface area contributed by atoms with Crippen LogP contribution in [0.1, 0.15) is 0 Å². The second-order valence-corrected chi connectivity index (χ2v) is 5.07. The maximum Gasteiger partial charge on any atom is 0.341 e. The molecular weight excluding hydrogens is 303 g/mol. The van der Waals surface area contributed by atoms with Crippen molar-refractivity contribution in [3.8, 4) is 6.01 Å². The number of nitroso groups, excluding NO2 is 1. The Kier molecular flexibility index (Phi) is 4.28. The molecule has 0 atom stereocenters. The van der Waals surface area contributed by atoms with Crippen molar-refractivity contribution >= 4 is 22.3 Å². The van der Waals surface area contributed by atoms with E-state index in [0.29, 0.717) is 12.5 Å². The van der Waals surface area contributed by atoms with E-state index in [9.17, 15) is 17.7 Å². The van der Waals surface area contributed by atoms with Gasteiger partial charge in [0.25, 0.3) is 0 Å². The van der Waals surface area contributed by atoms with Crippen LogP contribution in [0.5, 0.6) is 6.01 Å². The first kappa shape index (κ1) is 14.7. The van der Waals surface area contributed by atoms with Gasteiger partial charge in [-0.3, -0.25) is 0 Å². The lowest BCUT2D eigenvalue weighted by atomic mass is 10.4. The third-order valence-corrected chi connectivity index (χ3v) is 3.36. The van der Waals surface area contributed by atoms with Crippen LogP contribution in [-0.2, 0) is 10.1 Å². The lowest BCUT2D eigenvalue weighted by molar-refractivity contribution is 0.460. The maximum atomic E-state index is 13.3. The van der Waals surface area contributed by atoms with E-state index in [2.05, 4.69) is 24.3 Å². The third kappa shape index (κ3) is 3.63. The Morgan fingerprint density at radius 1 is 1.24 bits per heavy atom. The lowest BCUT2D eigenvalue weighted by Gasteiger charge is -2.05. The van der Waals surface area contributed by atoms with Crippen molar-refractivity contribution in [2.45, 2.75) is 4.90 Å². The Morgan fingerprint density at radius 3 is 2.62 bits per heavy atom. The molecule has 0 fully saturated rings. The molecule has 1 heterocycles. The summed E-state index contributed by atoms with van der Waals surface area (Å²) in [5, 5.41) is 2.30. The second-order valence-electron chi connectivity index (χ2n) is 3.52. The Hall–Kier alpha value is -2.75. The molecule has 0 radical (unpaired) electrons. The summed E-state index contributed by atoms with van der Waals surface area (Å²) < 4.78 is 41.7. The van der Waals surface area contributed by atoms with Crippen molar-refractivity contribution in [2.24, 2.45) is 10.2 Å². The minimum Gasteiger partial charge on any atom is -0.339 e. The molecule has 0 spiro atoms. The van der Waals surface area contributed by atoms with E-state index < -0.39 is 27.8 Å². The largest absolute Gasteiger partial charge is 0.341 e. The van der Waals surface area contributed by atoms with Crippen LogP contribution in [0, 0.1) is 10.7 Å². The quantitative estimate of drug-likeness (QED) is 0.360. The normalized spacial score (nSPS) is 11.5. The first-order valence-corrected chi connectivity index (χ1v) is 6.81. The van der Waals surface area contributed by atoms with Crippen LogP contribution in [0.3, 0.4) is 0 Å². The topological polar surface area (TPSA) is 111 Å². The number of hydrogen-bond donors (Lipinski definition) is 0. The highest BCUT2D eigenvalue weighted by Crippen LogP contribution is 2.19. The van der Waals surface area contributed by atoms with Crippen LogP contribution >= 0.6 is 0 Å². The maximum absolute atomic E-state index is 13.3. The number of hydrogen-bond acceptors (Lipinski definition) is 7. The summed E-state index contributed by atoms with van der Waals surface area (Å²) in [4.78, 5) is 19.9. The molecule has 8 nitrogen and oxygen atoms in total. The Labute approximate surface area is 118 Å². The van der Waals surface area contributed by atoms with E-state index in [0.717, 1.165) is 0 Å². The molecule has 0 amide bonds. The molecule has 0 saturated heterocycles. The standard InChI is InChI=1S/C11H7FN4O4S/c12-9-6-13-11(16-10(9)14-7-15-17)20-21(18,19)8-4-2-1-3-5-8/h1-7H. The zero-order valence-corrected chi connectivity index (χ0v) is 11.1. The summed E-state index contributed by atoms with van der Waals surface area (Å²) in [7, 11) is -4.15. The Bertz CT molecular complexity index is 780. The van der Waals surface area contributed by atoms with Crippen molar-refractivity contribution in [1.82, 2.24) is 9.97 Å². The molecule has 0 bridgehead atoms. The van der Waals surface area contributed by atoms with Gasteiger partial charge in [-0.05, 0) is 17.3 Å². The number of rotatable bonds is 5. The van der Waals surface area contributed by atoms with Gasteiger partial charge in [-0.1, -0.05) is 18.2 Å². The average molecular weight is 310 g/mol. The van der Waals surface area contributed by atoms with Gasteiger partial charge in [0.2, 0.25) is 0 Å². The minimum atomic E-state index is -4.15. The van der Waals surface area contributed by atoms with Gasteiger partial charge in [-0.15, -0.1) is 4.91 Å². The van der Waals surface area contributed by atoms with E-state index in [1.54, 1.807) is 6.07 Å². The van der Waals surface area contributed by atoms with Gasteiger partial charge < -0.3 is 4.18 Å². The molecule has 1 aromatic heterocycles. The minimum absolute atomic E-state index is 0.113. The highest BCUT2D eigenvalue weighted by Gasteiger charge is 2.18. The predicted molar refractivity (Wildman–Crippen MR) is 70.2 cm³/mol. The fraction of sp³-hybridized carbons (Fsp3) is 0. The summed E-state index contributed by atoms with van der Waals surface area (Å²) in [6.45, 7) is 0. The van der Waals surface area contributed by atoms with Crippen LogP contribution in [-0.4, -0.2) is 24.7 Å². The third-order valence-electron chi connectivity index (χ3n) is 2.15. The molecule has 2 rings (SSSR count). The molecule has 0 aliphatic carbocycles. The molecule has 0 N–H and O–H groups in total. The van der Waals surface area contributed by atoms with E-state index in [4.69, 9.17) is 0 Å². The fourth-order valence-corrected chi connectivity index (χ4v) is 2.15. The van der Waals surface area contributed by atoms with Crippen molar-refractivity contribution in [1.29, 1.82) is 0 Å². The Balaban J connectivity index is 2.32. The second kappa shape index (κ2) is 6.13. The average Bonchev–Trinajstić information content (AvgIpc) is 2.48. The van der Waals surface area contributed by atoms with Crippen LogP contribution in [0.15, 0.2) is 51.6 Å². The Morgan fingerprint density at radius 2 is 1.95 bits per heavy atom. The van der Waals surface area contributed by atoms with Crippen LogP contribution < -0.4 is 4.18 Å². The molecule has 108 valence electrons. The molecule has 1 aromatic carbocycles. The number of aromatic nitrogens is 2. The molecule has 0 saturated carbocycles. The first-order valence-electron chi connectivity index (χ1n) is 5.40. The summed E-state index contributed by atoms with van der Waals surface area (Å²) >= 11 is 0. The molecule has 0 aliphatic heterocycles. The van der Waals surface area contributed by atoms with Gasteiger partial charge in [0.15, 0.2) is 18.0 Å². The molecule has 21 heavy (non-hydrogen) atoms. The number of benzene rings is 1. The lowest BCUT2D eigenvalue weighted by Crippen LogP contribution is -2.11. The molecule has 10 heteroatoms. The monoisotopic (exact) mass is 310 g/mol. The molecule has 0 unspecified atom stereocenters. The molecular formula is C11H7FN4O4S. The van der Waals surface area contributed by atoms with E-state index in [1.807, 2.05) is 0 Å². The summed E-state index contributed by atoms with van der Waals surface area (Å²) in [6.07, 6.45) is 1.18. The first-order chi connectivity index (χ1) is 10.0. The van der Waals surface area contributed by atoms with Gasteiger partial charge in [-0.2, -0.15) is 18.4 Å². The molecule has 2 aromatic rings. The van der Waals surface area contributed by atoms with E-state index >= 15 is 0 Å². The summed E-state index contributed by atoms with van der Waals surface area (Å²) in [5.74, 6) is -1.53. The van der Waals surface area contributed by atoms with Crippen LogP contribution in [0.25, 0.3) is 0 Å². The van der Waals surface area contributed by atoms with Gasteiger partial charge >= 0.3 is 16.1 Å². The van der Waals surface area contributed by atoms with Gasteiger partial charge in [-0.25, -0.2) is 9.38 Å². The van der Waals surface area contributed by atoms with Crippen LogP contribution in [0.4, 0.5) is 10.2 Å². The van der Waals surface area contributed by atoms with Gasteiger partial charge in [0, 0.05) is 0 Å². The van der Waals surface area contributed by atoms with E-state index in [-0.39, 0.29) is 4.90 Å². The van der Waals surface area contributed by atoms with E-state index in [1.165, 1.54) is 24.3 Å². The predicted octanol–water partition coefficient (Wildman–Crippen LogP) is 1.81. The summed E-state index contributed by atoms with van der Waals surface area (Å²) in [5.41, 5.74) is 0. The number of nitrogens with zero attached hydrogens (tertiary/aromatic N) is 4. The SMILES string of the molecule is O=NC=Nc1nc(OS(=O)(=O)c2ccccc2)ncc1F. The molecule has 0 aliphatic rings. The highest BCUT2D eigenvalue weighted by atomic mass is 32.2. The summed E-state index contributed by atoms with van der Waals surface area (Å²) in [6, 6.07) is 6.65. The number of aliphatic imine (C=N–C) groups is 1.